The molecular weight excluding hydrogens is 473 g/mol. The number of benzene rings is 1. The van der Waals surface area contributed by atoms with Crippen molar-refractivity contribution in [1.82, 2.24) is 30.8 Å². The normalized spacial score (nSPS) is 11.1. The summed E-state index contributed by atoms with van der Waals surface area (Å²) in [6, 6.07) is 8.18. The summed E-state index contributed by atoms with van der Waals surface area (Å²) >= 11 is 1.78. The molecule has 0 amide bonds. The third-order valence-electron chi connectivity index (χ3n) is 3.88. The molecule has 7 nitrogen and oxygen atoms in total. The largest absolute Gasteiger partial charge is 0.356 e. The molecule has 9 heteroatoms. The van der Waals surface area contributed by atoms with Crippen LogP contribution in [-0.4, -0.2) is 39.7 Å². The van der Waals surface area contributed by atoms with Crippen molar-refractivity contribution in [2.45, 2.75) is 26.3 Å². The molecule has 0 saturated carbocycles. The van der Waals surface area contributed by atoms with Crippen LogP contribution in [0.25, 0.3) is 11.4 Å². The van der Waals surface area contributed by atoms with Gasteiger partial charge in [-0.05, 0) is 18.1 Å². The van der Waals surface area contributed by atoms with Crippen LogP contribution in [-0.2, 0) is 19.4 Å². The van der Waals surface area contributed by atoms with Crippen molar-refractivity contribution >= 4 is 41.3 Å². The summed E-state index contributed by atoms with van der Waals surface area (Å²) in [7, 11) is 1.78. The summed E-state index contributed by atoms with van der Waals surface area (Å²) in [6.07, 6.45) is 5.42. The molecule has 0 aliphatic rings. The number of guanidine groups is 1. The van der Waals surface area contributed by atoms with E-state index in [-0.39, 0.29) is 24.0 Å². The molecule has 3 rings (SSSR count). The van der Waals surface area contributed by atoms with Gasteiger partial charge in [-0.3, -0.25) is 10.1 Å². The van der Waals surface area contributed by atoms with E-state index in [0.717, 1.165) is 47.3 Å². The molecule has 0 spiro atoms. The fourth-order valence-corrected chi connectivity index (χ4v) is 3.36. The van der Waals surface area contributed by atoms with Gasteiger partial charge in [0.25, 0.3) is 0 Å². The predicted molar refractivity (Wildman–Crippen MR) is 121 cm³/mol. The molecule has 0 unspecified atom stereocenters. The lowest BCUT2D eigenvalue weighted by molar-refractivity contribution is 0.792. The number of halogens is 1. The van der Waals surface area contributed by atoms with Crippen LogP contribution in [0.1, 0.15) is 22.4 Å². The molecule has 2 heterocycles. The molecule has 144 valence electrons. The Hall–Kier alpha value is -2.01. The topological polar surface area (TPSA) is 90.9 Å². The summed E-state index contributed by atoms with van der Waals surface area (Å²) in [6.45, 7) is 3.63. The Morgan fingerprint density at radius 1 is 1.26 bits per heavy atom. The molecular formula is C18H24IN7S. The molecule has 0 fully saturated rings. The minimum Gasteiger partial charge on any atom is -0.356 e. The second kappa shape index (κ2) is 11.0. The Balaban J connectivity index is 0.00000261. The van der Waals surface area contributed by atoms with Gasteiger partial charge < -0.3 is 10.6 Å². The SMILES string of the molecule is CCc1cnc(CCNC(=NC)NCc2cccc(-c3ncn[nH]3)c2)s1.I. The smallest absolute Gasteiger partial charge is 0.191 e. The van der Waals surface area contributed by atoms with Crippen LogP contribution < -0.4 is 10.6 Å². The Morgan fingerprint density at radius 3 is 2.85 bits per heavy atom. The van der Waals surface area contributed by atoms with Crippen LogP contribution in [0.5, 0.6) is 0 Å². The van der Waals surface area contributed by atoms with Crippen LogP contribution in [0.4, 0.5) is 0 Å². The van der Waals surface area contributed by atoms with Crippen LogP contribution in [0.2, 0.25) is 0 Å². The fourth-order valence-electron chi connectivity index (χ4n) is 2.49. The maximum absolute atomic E-state index is 4.44. The van der Waals surface area contributed by atoms with Gasteiger partial charge in [0, 0.05) is 43.2 Å². The first kappa shape index (κ1) is 21.3. The van der Waals surface area contributed by atoms with E-state index >= 15 is 0 Å². The molecule has 27 heavy (non-hydrogen) atoms. The van der Waals surface area contributed by atoms with Crippen molar-refractivity contribution in [2.75, 3.05) is 13.6 Å². The third-order valence-corrected chi connectivity index (χ3v) is 5.08. The van der Waals surface area contributed by atoms with Gasteiger partial charge in [-0.1, -0.05) is 25.1 Å². The van der Waals surface area contributed by atoms with Crippen molar-refractivity contribution in [3.63, 3.8) is 0 Å². The molecule has 0 atom stereocenters. The molecule has 0 saturated heterocycles. The van der Waals surface area contributed by atoms with Crippen LogP contribution in [0.3, 0.4) is 0 Å². The van der Waals surface area contributed by atoms with Crippen LogP contribution in [0, 0.1) is 0 Å². The summed E-state index contributed by atoms with van der Waals surface area (Å²) in [5.41, 5.74) is 2.16. The van der Waals surface area contributed by atoms with Gasteiger partial charge in [-0.15, -0.1) is 35.3 Å². The Kier molecular flexibility index (Phi) is 8.65. The highest BCUT2D eigenvalue weighted by atomic mass is 127. The number of hydrogen-bond acceptors (Lipinski definition) is 5. The van der Waals surface area contributed by atoms with Gasteiger partial charge in [0.15, 0.2) is 11.8 Å². The van der Waals surface area contributed by atoms with E-state index in [4.69, 9.17) is 0 Å². The second-order valence-corrected chi connectivity index (χ2v) is 6.91. The van der Waals surface area contributed by atoms with Crippen LogP contribution in [0.15, 0.2) is 41.8 Å². The van der Waals surface area contributed by atoms with Crippen molar-refractivity contribution in [1.29, 1.82) is 0 Å². The Labute approximate surface area is 180 Å². The maximum Gasteiger partial charge on any atom is 0.191 e. The van der Waals surface area contributed by atoms with Gasteiger partial charge in [0.2, 0.25) is 0 Å². The predicted octanol–water partition coefficient (Wildman–Crippen LogP) is 3.02. The van der Waals surface area contributed by atoms with Gasteiger partial charge in [-0.2, -0.15) is 5.10 Å². The summed E-state index contributed by atoms with van der Waals surface area (Å²) in [4.78, 5) is 14.2. The first-order valence-electron chi connectivity index (χ1n) is 8.61. The zero-order valence-corrected chi connectivity index (χ0v) is 18.5. The third kappa shape index (κ3) is 6.28. The Morgan fingerprint density at radius 2 is 2.15 bits per heavy atom. The number of hydrogen-bond donors (Lipinski definition) is 3. The lowest BCUT2D eigenvalue weighted by Crippen LogP contribution is -2.37. The number of H-pyrrole nitrogens is 1. The number of rotatable bonds is 7. The van der Waals surface area contributed by atoms with Crippen molar-refractivity contribution in [3.05, 3.63) is 52.2 Å². The fraction of sp³-hybridized carbons (Fsp3) is 0.333. The summed E-state index contributed by atoms with van der Waals surface area (Å²) in [5.74, 6) is 1.55. The minimum atomic E-state index is 0. The van der Waals surface area contributed by atoms with E-state index in [9.17, 15) is 0 Å². The highest BCUT2D eigenvalue weighted by Crippen LogP contribution is 2.15. The van der Waals surface area contributed by atoms with Crippen molar-refractivity contribution < 1.29 is 0 Å². The molecule has 0 aliphatic heterocycles. The first-order valence-corrected chi connectivity index (χ1v) is 9.43. The van der Waals surface area contributed by atoms with Crippen LogP contribution >= 0.6 is 35.3 Å². The number of thiazole rings is 1. The van der Waals surface area contributed by atoms with E-state index in [1.807, 2.05) is 18.3 Å². The average Bonchev–Trinajstić information content (AvgIpc) is 3.36. The molecule has 0 radical (unpaired) electrons. The van der Waals surface area contributed by atoms with Crippen molar-refractivity contribution in [2.24, 2.45) is 4.99 Å². The second-order valence-electron chi connectivity index (χ2n) is 5.71. The molecule has 0 aliphatic carbocycles. The molecule has 0 bridgehead atoms. The zero-order valence-electron chi connectivity index (χ0n) is 15.4. The molecule has 3 aromatic rings. The van der Waals surface area contributed by atoms with Gasteiger partial charge in [0.05, 0.1) is 5.01 Å². The van der Waals surface area contributed by atoms with Gasteiger partial charge in [0.1, 0.15) is 6.33 Å². The average molecular weight is 497 g/mol. The van der Waals surface area contributed by atoms with Crippen molar-refractivity contribution in [3.8, 4) is 11.4 Å². The standard InChI is InChI=1S/C18H23N7S.HI/c1-3-15-11-21-16(26-15)7-8-20-18(19-2)22-10-13-5-4-6-14(9-13)17-23-12-24-25-17;/h4-6,9,11-12H,3,7-8,10H2,1-2H3,(H2,19,20,22)(H,23,24,25);1H. The number of nitrogens with one attached hydrogen (secondary N) is 3. The number of aryl methyl sites for hydroxylation is 1. The quantitative estimate of drug-likeness (QED) is 0.265. The lowest BCUT2D eigenvalue weighted by Gasteiger charge is -2.12. The highest BCUT2D eigenvalue weighted by Gasteiger charge is 2.04. The number of nitrogens with zero attached hydrogens (tertiary/aromatic N) is 4. The van der Waals surface area contributed by atoms with E-state index in [2.05, 4.69) is 54.8 Å². The summed E-state index contributed by atoms with van der Waals surface area (Å²) < 4.78 is 0. The monoisotopic (exact) mass is 497 g/mol. The lowest BCUT2D eigenvalue weighted by atomic mass is 10.1. The molecule has 2 aromatic heterocycles. The Bertz CT molecular complexity index is 845. The van der Waals surface area contributed by atoms with Gasteiger partial charge >= 0.3 is 0 Å². The number of aliphatic imine (C=N–C) groups is 1. The van der Waals surface area contributed by atoms with E-state index in [0.29, 0.717) is 6.54 Å². The minimum absolute atomic E-state index is 0. The zero-order chi connectivity index (χ0) is 18.2. The van der Waals surface area contributed by atoms with E-state index < -0.39 is 0 Å². The first-order chi connectivity index (χ1) is 12.8. The highest BCUT2D eigenvalue weighted by molar-refractivity contribution is 14.0. The molecule has 1 aromatic carbocycles. The van der Waals surface area contributed by atoms with E-state index in [1.165, 1.54) is 11.2 Å². The summed E-state index contributed by atoms with van der Waals surface area (Å²) in [5, 5.41) is 14.6. The maximum atomic E-state index is 4.44. The van der Waals surface area contributed by atoms with E-state index in [1.54, 1.807) is 18.4 Å². The molecule has 3 N–H and O–H groups in total. The van der Waals surface area contributed by atoms with Gasteiger partial charge in [-0.25, -0.2) is 9.97 Å². The number of aromatic amines is 1. The number of aromatic nitrogens is 4.